The van der Waals surface area contributed by atoms with Gasteiger partial charge in [-0.3, -0.25) is 19.6 Å². The van der Waals surface area contributed by atoms with Crippen LogP contribution in [0, 0.1) is 0 Å². The Balaban J connectivity index is 1.45. The van der Waals surface area contributed by atoms with Crippen LogP contribution in [0.1, 0.15) is 17.3 Å². The molecule has 0 aliphatic carbocycles. The summed E-state index contributed by atoms with van der Waals surface area (Å²) in [6, 6.07) is 25.4. The third-order valence-electron chi connectivity index (χ3n) is 5.29. The van der Waals surface area contributed by atoms with Crippen molar-refractivity contribution < 1.29 is 4.79 Å². The van der Waals surface area contributed by atoms with Crippen LogP contribution in [0.15, 0.2) is 85.1 Å². The second kappa shape index (κ2) is 9.45. The molecule has 1 atom stereocenters. The third-order valence-corrected chi connectivity index (χ3v) is 5.29. The van der Waals surface area contributed by atoms with Gasteiger partial charge in [0, 0.05) is 44.6 Å². The number of nitrogens with zero attached hydrogens (tertiary/aromatic N) is 3. The Hall–Kier alpha value is -3.02. The van der Waals surface area contributed by atoms with Crippen LogP contribution in [0.4, 0.5) is 5.69 Å². The van der Waals surface area contributed by atoms with Crippen molar-refractivity contribution in [1.82, 2.24) is 14.8 Å². The van der Waals surface area contributed by atoms with Gasteiger partial charge in [0.05, 0.1) is 5.69 Å². The van der Waals surface area contributed by atoms with E-state index in [4.69, 9.17) is 0 Å². The number of piperazine rings is 1. The monoisotopic (exact) mass is 386 g/mol. The minimum atomic E-state index is -0.298. The smallest absolute Gasteiger partial charge is 0.246 e. The first-order valence-corrected chi connectivity index (χ1v) is 10.1. The zero-order valence-electron chi connectivity index (χ0n) is 16.4. The van der Waals surface area contributed by atoms with Crippen molar-refractivity contribution in [1.29, 1.82) is 0 Å². The van der Waals surface area contributed by atoms with E-state index in [9.17, 15) is 4.79 Å². The molecule has 0 radical (unpaired) electrons. The number of benzene rings is 2. The van der Waals surface area contributed by atoms with Gasteiger partial charge in [0.15, 0.2) is 0 Å². The second-order valence-electron chi connectivity index (χ2n) is 7.30. The Bertz CT molecular complexity index is 894. The molecule has 0 spiro atoms. The number of hydrogen-bond donors (Lipinski definition) is 1. The van der Waals surface area contributed by atoms with Crippen LogP contribution < -0.4 is 5.32 Å². The predicted octanol–water partition coefficient (Wildman–Crippen LogP) is 3.58. The fraction of sp³-hybridized carbons (Fsp3) is 0.250. The summed E-state index contributed by atoms with van der Waals surface area (Å²) in [6.45, 7) is 4.36. The van der Waals surface area contributed by atoms with Gasteiger partial charge >= 0.3 is 0 Å². The van der Waals surface area contributed by atoms with Gasteiger partial charge in [-0.2, -0.15) is 0 Å². The lowest BCUT2D eigenvalue weighted by Crippen LogP contribution is -2.49. The third kappa shape index (κ3) is 5.08. The van der Waals surface area contributed by atoms with Crippen LogP contribution in [0.25, 0.3) is 0 Å². The highest BCUT2D eigenvalue weighted by molar-refractivity contribution is 5.95. The molecule has 1 aliphatic heterocycles. The molecule has 2 heterocycles. The van der Waals surface area contributed by atoms with Gasteiger partial charge in [-0.05, 0) is 29.8 Å². The summed E-state index contributed by atoms with van der Waals surface area (Å²) >= 11 is 0. The van der Waals surface area contributed by atoms with E-state index in [0.717, 1.165) is 49.7 Å². The number of aromatic nitrogens is 1. The standard InChI is InChI=1S/C24H26N4O/c29-24(26-21-11-5-2-6-12-21)23(20-9-3-1-4-10-20)28-17-15-27(16-18-28)19-22-13-7-8-14-25-22/h1-14,23H,15-19H2,(H,26,29). The average molecular weight is 386 g/mol. The molecule has 0 saturated carbocycles. The molecule has 1 fully saturated rings. The molecule has 0 bridgehead atoms. The highest BCUT2D eigenvalue weighted by Crippen LogP contribution is 2.24. The van der Waals surface area contributed by atoms with Gasteiger partial charge in [-0.15, -0.1) is 0 Å². The van der Waals surface area contributed by atoms with E-state index < -0.39 is 0 Å². The number of hydrogen-bond acceptors (Lipinski definition) is 4. The molecule has 29 heavy (non-hydrogen) atoms. The minimum Gasteiger partial charge on any atom is -0.324 e. The van der Waals surface area contributed by atoms with Crippen LogP contribution in [-0.4, -0.2) is 46.9 Å². The van der Waals surface area contributed by atoms with E-state index in [2.05, 4.69) is 26.2 Å². The molecule has 4 rings (SSSR count). The number of amides is 1. The molecule has 1 N–H and O–H groups in total. The quantitative estimate of drug-likeness (QED) is 0.704. The van der Waals surface area contributed by atoms with E-state index in [0.29, 0.717) is 0 Å². The fourth-order valence-corrected chi connectivity index (χ4v) is 3.80. The van der Waals surface area contributed by atoms with Crippen molar-refractivity contribution in [2.24, 2.45) is 0 Å². The maximum Gasteiger partial charge on any atom is 0.246 e. The summed E-state index contributed by atoms with van der Waals surface area (Å²) in [7, 11) is 0. The Labute approximate surface area is 172 Å². The van der Waals surface area contributed by atoms with E-state index in [-0.39, 0.29) is 11.9 Å². The summed E-state index contributed by atoms with van der Waals surface area (Å²) < 4.78 is 0. The van der Waals surface area contributed by atoms with E-state index in [1.807, 2.05) is 79.0 Å². The summed E-state index contributed by atoms with van der Waals surface area (Å²) in [5.41, 5.74) is 2.94. The molecule has 1 unspecified atom stereocenters. The summed E-state index contributed by atoms with van der Waals surface area (Å²) in [5.74, 6) is 0.0144. The Morgan fingerprint density at radius 1 is 0.862 bits per heavy atom. The number of carbonyl (C=O) groups is 1. The lowest BCUT2D eigenvalue weighted by Gasteiger charge is -2.38. The van der Waals surface area contributed by atoms with Gasteiger partial charge in [-0.1, -0.05) is 54.6 Å². The van der Waals surface area contributed by atoms with Crippen molar-refractivity contribution in [3.63, 3.8) is 0 Å². The first-order chi connectivity index (χ1) is 14.3. The maximum atomic E-state index is 13.2. The summed E-state index contributed by atoms with van der Waals surface area (Å²) in [6.07, 6.45) is 1.84. The van der Waals surface area contributed by atoms with Crippen molar-refractivity contribution in [2.45, 2.75) is 12.6 Å². The number of rotatable bonds is 6. The maximum absolute atomic E-state index is 13.2. The Morgan fingerprint density at radius 3 is 2.17 bits per heavy atom. The van der Waals surface area contributed by atoms with Crippen molar-refractivity contribution >= 4 is 11.6 Å². The van der Waals surface area contributed by atoms with Crippen molar-refractivity contribution in [3.8, 4) is 0 Å². The normalized spacial score (nSPS) is 16.3. The van der Waals surface area contributed by atoms with E-state index in [1.54, 1.807) is 0 Å². The number of nitrogens with one attached hydrogen (secondary N) is 1. The van der Waals surface area contributed by atoms with E-state index >= 15 is 0 Å². The first kappa shape index (κ1) is 19.3. The summed E-state index contributed by atoms with van der Waals surface area (Å²) in [5, 5.41) is 3.08. The lowest BCUT2D eigenvalue weighted by atomic mass is 10.0. The minimum absolute atomic E-state index is 0.0144. The van der Waals surface area contributed by atoms with Gasteiger partial charge in [-0.25, -0.2) is 0 Å². The zero-order chi connectivity index (χ0) is 19.9. The van der Waals surface area contributed by atoms with Crippen LogP contribution >= 0.6 is 0 Å². The largest absolute Gasteiger partial charge is 0.324 e. The molecule has 1 saturated heterocycles. The molecule has 1 aliphatic rings. The predicted molar refractivity (Wildman–Crippen MR) is 115 cm³/mol. The number of anilines is 1. The molecule has 1 amide bonds. The molecule has 2 aromatic carbocycles. The molecule has 5 heteroatoms. The van der Waals surface area contributed by atoms with Crippen molar-refractivity contribution in [3.05, 3.63) is 96.3 Å². The SMILES string of the molecule is O=C(Nc1ccccc1)C(c1ccccc1)N1CCN(Cc2ccccn2)CC1. The van der Waals surface area contributed by atoms with Crippen LogP contribution in [-0.2, 0) is 11.3 Å². The van der Waals surface area contributed by atoms with Gasteiger partial charge in [0.25, 0.3) is 0 Å². The topological polar surface area (TPSA) is 48.5 Å². The van der Waals surface area contributed by atoms with Crippen LogP contribution in [0.3, 0.4) is 0 Å². The Kier molecular flexibility index (Phi) is 6.29. The van der Waals surface area contributed by atoms with Crippen LogP contribution in [0.2, 0.25) is 0 Å². The molecule has 1 aromatic heterocycles. The molecule has 5 nitrogen and oxygen atoms in total. The molecular formula is C24H26N4O. The second-order valence-corrected chi connectivity index (χ2v) is 7.30. The molecule has 3 aromatic rings. The van der Waals surface area contributed by atoms with Crippen LogP contribution in [0.5, 0.6) is 0 Å². The average Bonchev–Trinajstić information content (AvgIpc) is 2.77. The molecular weight excluding hydrogens is 360 g/mol. The highest BCUT2D eigenvalue weighted by Gasteiger charge is 2.30. The number of carbonyl (C=O) groups excluding carboxylic acids is 1. The lowest BCUT2D eigenvalue weighted by molar-refractivity contribution is -0.122. The van der Waals surface area contributed by atoms with Gasteiger partial charge < -0.3 is 5.32 Å². The van der Waals surface area contributed by atoms with Gasteiger partial charge in [0.2, 0.25) is 5.91 Å². The highest BCUT2D eigenvalue weighted by atomic mass is 16.2. The number of para-hydroxylation sites is 1. The Morgan fingerprint density at radius 2 is 1.52 bits per heavy atom. The fourth-order valence-electron chi connectivity index (χ4n) is 3.80. The first-order valence-electron chi connectivity index (χ1n) is 10.1. The zero-order valence-corrected chi connectivity index (χ0v) is 16.4. The van der Waals surface area contributed by atoms with Crippen molar-refractivity contribution in [2.75, 3.05) is 31.5 Å². The van der Waals surface area contributed by atoms with E-state index in [1.165, 1.54) is 0 Å². The summed E-state index contributed by atoms with van der Waals surface area (Å²) in [4.78, 5) is 22.3. The number of pyridine rings is 1. The van der Waals surface area contributed by atoms with Gasteiger partial charge in [0.1, 0.15) is 6.04 Å². The molecule has 148 valence electrons.